The van der Waals surface area contributed by atoms with Crippen molar-refractivity contribution in [3.05, 3.63) is 23.8 Å². The van der Waals surface area contributed by atoms with Crippen LogP contribution in [0.5, 0.6) is 11.5 Å². The summed E-state index contributed by atoms with van der Waals surface area (Å²) in [5.41, 5.74) is 0.876. The Hall–Kier alpha value is -2.24. The van der Waals surface area contributed by atoms with Gasteiger partial charge in [0.05, 0.1) is 20.1 Å². The van der Waals surface area contributed by atoms with Gasteiger partial charge in [0.15, 0.2) is 0 Å². The molecule has 1 aromatic rings. The Kier molecular flexibility index (Phi) is 5.84. The first-order valence-corrected chi connectivity index (χ1v) is 7.76. The summed E-state index contributed by atoms with van der Waals surface area (Å²) in [6.07, 6.45) is 2.39. The van der Waals surface area contributed by atoms with E-state index in [1.807, 2.05) is 12.1 Å². The third kappa shape index (κ3) is 4.37. The Labute approximate surface area is 135 Å². The number of ether oxygens (including phenoxy) is 2. The van der Waals surface area contributed by atoms with Crippen LogP contribution in [-0.4, -0.2) is 31.2 Å². The lowest BCUT2D eigenvalue weighted by Crippen LogP contribution is -2.34. The molecule has 0 heterocycles. The summed E-state index contributed by atoms with van der Waals surface area (Å²) in [5, 5.41) is 11.9. The third-order valence-electron chi connectivity index (χ3n) is 4.39. The molecular weight excluding hydrogens is 298 g/mol. The van der Waals surface area contributed by atoms with Gasteiger partial charge in [-0.1, -0.05) is 0 Å². The number of methoxy groups -OCH3 is 2. The summed E-state index contributed by atoms with van der Waals surface area (Å²) < 4.78 is 10.5. The normalized spacial score (nSPS) is 20.6. The van der Waals surface area contributed by atoms with Crippen molar-refractivity contribution in [2.45, 2.75) is 32.2 Å². The number of carboxylic acids is 1. The maximum atomic E-state index is 12.2. The van der Waals surface area contributed by atoms with Gasteiger partial charge in [-0.05, 0) is 37.8 Å². The van der Waals surface area contributed by atoms with Gasteiger partial charge in [0.2, 0.25) is 5.91 Å². The molecule has 2 N–H and O–H groups in total. The molecule has 0 spiro atoms. The summed E-state index contributed by atoms with van der Waals surface area (Å²) in [4.78, 5) is 23.2. The maximum absolute atomic E-state index is 12.2. The van der Waals surface area contributed by atoms with Crippen molar-refractivity contribution < 1.29 is 24.2 Å². The zero-order valence-corrected chi connectivity index (χ0v) is 13.5. The highest BCUT2D eigenvalue weighted by Gasteiger charge is 2.29. The van der Waals surface area contributed by atoms with Gasteiger partial charge in [-0.15, -0.1) is 0 Å². The maximum Gasteiger partial charge on any atom is 0.306 e. The molecule has 23 heavy (non-hydrogen) atoms. The predicted octanol–water partition coefficient (Wildman–Crippen LogP) is 2.21. The van der Waals surface area contributed by atoms with E-state index in [4.69, 9.17) is 14.6 Å². The second kappa shape index (κ2) is 7.85. The zero-order chi connectivity index (χ0) is 16.8. The molecule has 0 radical (unpaired) electrons. The quantitative estimate of drug-likeness (QED) is 0.839. The van der Waals surface area contributed by atoms with Gasteiger partial charge in [0.25, 0.3) is 0 Å². The Morgan fingerprint density at radius 3 is 2.35 bits per heavy atom. The Balaban J connectivity index is 1.89. The summed E-state index contributed by atoms with van der Waals surface area (Å²) in [7, 11) is 3.16. The molecule has 1 fully saturated rings. The van der Waals surface area contributed by atoms with Gasteiger partial charge in [-0.25, -0.2) is 0 Å². The van der Waals surface area contributed by atoms with Gasteiger partial charge in [-0.3, -0.25) is 9.59 Å². The number of carbonyl (C=O) groups excluding carboxylic acids is 1. The number of hydrogen-bond donors (Lipinski definition) is 2. The van der Waals surface area contributed by atoms with Crippen LogP contribution in [0.15, 0.2) is 18.2 Å². The molecule has 6 heteroatoms. The van der Waals surface area contributed by atoms with Crippen LogP contribution in [0.4, 0.5) is 0 Å². The number of aliphatic carboxylic acids is 1. The van der Waals surface area contributed by atoms with E-state index in [0.717, 1.165) is 5.56 Å². The van der Waals surface area contributed by atoms with Crippen molar-refractivity contribution in [1.29, 1.82) is 0 Å². The zero-order valence-electron chi connectivity index (χ0n) is 13.5. The molecule has 1 aromatic carbocycles. The van der Waals surface area contributed by atoms with Crippen LogP contribution >= 0.6 is 0 Å². The SMILES string of the molecule is COc1ccc(CNC(=O)C2CCC(C(=O)O)CC2)c(OC)c1. The Morgan fingerprint density at radius 2 is 1.78 bits per heavy atom. The number of carbonyl (C=O) groups is 2. The number of carboxylic acid groups (broad SMARTS) is 1. The average molecular weight is 321 g/mol. The van der Waals surface area contributed by atoms with Crippen LogP contribution < -0.4 is 14.8 Å². The van der Waals surface area contributed by atoms with Crippen molar-refractivity contribution in [2.75, 3.05) is 14.2 Å². The number of benzene rings is 1. The number of amides is 1. The molecule has 0 unspecified atom stereocenters. The average Bonchev–Trinajstić information content (AvgIpc) is 2.59. The van der Waals surface area contributed by atoms with E-state index in [0.29, 0.717) is 43.7 Å². The fraction of sp³-hybridized carbons (Fsp3) is 0.529. The van der Waals surface area contributed by atoms with Gasteiger partial charge in [-0.2, -0.15) is 0 Å². The molecule has 0 aliphatic heterocycles. The molecule has 0 atom stereocenters. The van der Waals surface area contributed by atoms with E-state index in [-0.39, 0.29) is 17.7 Å². The first kappa shape index (κ1) is 17.1. The minimum absolute atomic E-state index is 0.0216. The second-order valence-electron chi connectivity index (χ2n) is 5.78. The Morgan fingerprint density at radius 1 is 1.13 bits per heavy atom. The van der Waals surface area contributed by atoms with Crippen molar-refractivity contribution in [2.24, 2.45) is 11.8 Å². The van der Waals surface area contributed by atoms with Crippen LogP contribution in [-0.2, 0) is 16.1 Å². The van der Waals surface area contributed by atoms with E-state index in [1.165, 1.54) is 0 Å². The molecule has 1 saturated carbocycles. The molecule has 1 aliphatic carbocycles. The lowest BCUT2D eigenvalue weighted by molar-refractivity contribution is -0.144. The number of nitrogens with one attached hydrogen (secondary N) is 1. The fourth-order valence-corrected chi connectivity index (χ4v) is 2.93. The highest BCUT2D eigenvalue weighted by Crippen LogP contribution is 2.29. The first-order valence-electron chi connectivity index (χ1n) is 7.76. The monoisotopic (exact) mass is 321 g/mol. The molecular formula is C17H23NO5. The van der Waals surface area contributed by atoms with E-state index in [2.05, 4.69) is 5.32 Å². The number of rotatable bonds is 6. The fourth-order valence-electron chi connectivity index (χ4n) is 2.93. The molecule has 1 aliphatic rings. The molecule has 6 nitrogen and oxygen atoms in total. The van der Waals surface area contributed by atoms with E-state index in [9.17, 15) is 9.59 Å². The van der Waals surface area contributed by atoms with Crippen LogP contribution in [0.1, 0.15) is 31.2 Å². The van der Waals surface area contributed by atoms with Crippen molar-refractivity contribution in [3.8, 4) is 11.5 Å². The lowest BCUT2D eigenvalue weighted by atomic mass is 9.81. The predicted molar refractivity (Wildman–Crippen MR) is 84.5 cm³/mol. The minimum atomic E-state index is -0.758. The van der Waals surface area contributed by atoms with Gasteiger partial charge in [0.1, 0.15) is 11.5 Å². The van der Waals surface area contributed by atoms with E-state index < -0.39 is 5.97 Å². The van der Waals surface area contributed by atoms with Gasteiger partial charge < -0.3 is 19.9 Å². The summed E-state index contributed by atoms with van der Waals surface area (Å²) in [5.74, 6) is 0.178. The molecule has 2 rings (SSSR count). The molecule has 1 amide bonds. The van der Waals surface area contributed by atoms with Gasteiger partial charge in [0, 0.05) is 24.1 Å². The Bertz CT molecular complexity index is 564. The highest BCUT2D eigenvalue weighted by atomic mass is 16.5. The smallest absolute Gasteiger partial charge is 0.306 e. The van der Waals surface area contributed by atoms with Crippen molar-refractivity contribution in [3.63, 3.8) is 0 Å². The van der Waals surface area contributed by atoms with Crippen LogP contribution in [0.2, 0.25) is 0 Å². The summed E-state index contributed by atoms with van der Waals surface area (Å²) in [6, 6.07) is 5.46. The third-order valence-corrected chi connectivity index (χ3v) is 4.39. The lowest BCUT2D eigenvalue weighted by Gasteiger charge is -2.25. The molecule has 126 valence electrons. The van der Waals surface area contributed by atoms with Crippen molar-refractivity contribution in [1.82, 2.24) is 5.32 Å². The van der Waals surface area contributed by atoms with E-state index in [1.54, 1.807) is 20.3 Å². The second-order valence-corrected chi connectivity index (χ2v) is 5.78. The summed E-state index contributed by atoms with van der Waals surface area (Å²) >= 11 is 0. The summed E-state index contributed by atoms with van der Waals surface area (Å²) in [6.45, 7) is 0.380. The molecule has 0 saturated heterocycles. The topological polar surface area (TPSA) is 84.9 Å². The minimum Gasteiger partial charge on any atom is -0.497 e. The van der Waals surface area contributed by atoms with Crippen molar-refractivity contribution >= 4 is 11.9 Å². The van der Waals surface area contributed by atoms with Crippen LogP contribution in [0.25, 0.3) is 0 Å². The first-order chi connectivity index (χ1) is 11.0. The molecule has 0 bridgehead atoms. The number of hydrogen-bond acceptors (Lipinski definition) is 4. The largest absolute Gasteiger partial charge is 0.497 e. The highest BCUT2D eigenvalue weighted by molar-refractivity contribution is 5.79. The van der Waals surface area contributed by atoms with Crippen LogP contribution in [0.3, 0.4) is 0 Å². The molecule has 0 aromatic heterocycles. The standard InChI is InChI=1S/C17H23NO5/c1-22-14-8-7-13(15(9-14)23-2)10-18-16(19)11-3-5-12(6-4-11)17(20)21/h7-9,11-12H,3-6,10H2,1-2H3,(H,18,19)(H,20,21). The van der Waals surface area contributed by atoms with Crippen LogP contribution in [0, 0.1) is 11.8 Å². The van der Waals surface area contributed by atoms with E-state index >= 15 is 0 Å². The van der Waals surface area contributed by atoms with Gasteiger partial charge >= 0.3 is 5.97 Å².